The summed E-state index contributed by atoms with van der Waals surface area (Å²) in [5.41, 5.74) is 4.67. The fraction of sp³-hybridized carbons (Fsp3) is 0.143. The molecule has 2 N–H and O–H groups in total. The number of anilines is 1. The summed E-state index contributed by atoms with van der Waals surface area (Å²) in [6, 6.07) is 2.13. The fourth-order valence-electron chi connectivity index (χ4n) is 0.778. The molecule has 3 nitrogen and oxygen atoms in total. The van der Waals surface area contributed by atoms with Crippen molar-refractivity contribution in [3.63, 3.8) is 0 Å². The molecule has 1 aromatic rings. The van der Waals surface area contributed by atoms with Crippen molar-refractivity contribution in [1.29, 1.82) is 0 Å². The number of aromatic nitrogens is 1. The molecule has 70 valence electrons. The average molecular weight is 207 g/mol. The molecule has 1 aromatic heterocycles. The van der Waals surface area contributed by atoms with Crippen molar-refractivity contribution in [3.8, 4) is 0 Å². The molecule has 0 saturated carbocycles. The topological polar surface area (TPSA) is 56.0 Å². The van der Waals surface area contributed by atoms with Crippen molar-refractivity contribution in [2.45, 2.75) is 6.43 Å². The smallest absolute Gasteiger partial charge is 0.280 e. The SMILES string of the molecule is Nc1nc(C(F)F)ccc1C(=O)Cl. The Morgan fingerprint density at radius 1 is 1.54 bits per heavy atom. The van der Waals surface area contributed by atoms with Gasteiger partial charge in [0.1, 0.15) is 11.5 Å². The van der Waals surface area contributed by atoms with Gasteiger partial charge in [-0.15, -0.1) is 0 Å². The van der Waals surface area contributed by atoms with Gasteiger partial charge < -0.3 is 5.73 Å². The second kappa shape index (κ2) is 3.66. The maximum absolute atomic E-state index is 12.0. The van der Waals surface area contributed by atoms with Gasteiger partial charge in [-0.2, -0.15) is 0 Å². The van der Waals surface area contributed by atoms with Crippen LogP contribution in [0.5, 0.6) is 0 Å². The third-order valence-electron chi connectivity index (χ3n) is 1.38. The van der Waals surface area contributed by atoms with E-state index in [9.17, 15) is 13.6 Å². The summed E-state index contributed by atoms with van der Waals surface area (Å²) in [6.07, 6.45) is -2.71. The molecule has 0 fully saturated rings. The Morgan fingerprint density at radius 3 is 2.54 bits per heavy atom. The minimum atomic E-state index is -2.71. The van der Waals surface area contributed by atoms with Crippen LogP contribution in [0.2, 0.25) is 0 Å². The molecule has 6 heteroatoms. The van der Waals surface area contributed by atoms with Crippen LogP contribution in [0.3, 0.4) is 0 Å². The molecule has 0 saturated heterocycles. The summed E-state index contributed by atoms with van der Waals surface area (Å²) in [5.74, 6) is -0.280. The number of nitrogens with zero attached hydrogens (tertiary/aromatic N) is 1. The molecule has 0 spiro atoms. The van der Waals surface area contributed by atoms with E-state index in [0.29, 0.717) is 0 Å². The van der Waals surface area contributed by atoms with Crippen molar-refractivity contribution < 1.29 is 13.6 Å². The molecular formula is C7H5ClF2N2O. The van der Waals surface area contributed by atoms with Gasteiger partial charge in [-0.1, -0.05) is 0 Å². The zero-order valence-corrected chi connectivity index (χ0v) is 7.05. The molecular weight excluding hydrogens is 202 g/mol. The van der Waals surface area contributed by atoms with E-state index in [0.717, 1.165) is 12.1 Å². The van der Waals surface area contributed by atoms with Crippen molar-refractivity contribution in [3.05, 3.63) is 23.4 Å². The molecule has 0 aromatic carbocycles. The van der Waals surface area contributed by atoms with E-state index in [4.69, 9.17) is 17.3 Å². The third kappa shape index (κ3) is 2.12. The summed E-state index contributed by atoms with van der Waals surface area (Å²) in [7, 11) is 0. The number of carbonyl (C=O) groups is 1. The summed E-state index contributed by atoms with van der Waals surface area (Å²) >= 11 is 5.09. The molecule has 0 radical (unpaired) electrons. The maximum Gasteiger partial charge on any atom is 0.280 e. The highest BCUT2D eigenvalue weighted by Gasteiger charge is 2.13. The molecule has 0 amide bonds. The number of alkyl halides is 2. The molecule has 1 heterocycles. The van der Waals surface area contributed by atoms with E-state index in [1.807, 2.05) is 0 Å². The molecule has 0 aliphatic rings. The van der Waals surface area contributed by atoms with Crippen LogP contribution in [0.1, 0.15) is 22.5 Å². The van der Waals surface area contributed by atoms with Crippen LogP contribution >= 0.6 is 11.6 Å². The van der Waals surface area contributed by atoms with Crippen LogP contribution in [0, 0.1) is 0 Å². The van der Waals surface area contributed by atoms with Gasteiger partial charge in [0.05, 0.1) is 5.56 Å². The lowest BCUT2D eigenvalue weighted by atomic mass is 10.2. The van der Waals surface area contributed by atoms with Gasteiger partial charge in [0.2, 0.25) is 0 Å². The monoisotopic (exact) mass is 206 g/mol. The first-order valence-electron chi connectivity index (χ1n) is 3.26. The van der Waals surface area contributed by atoms with Crippen LogP contribution in [-0.2, 0) is 0 Å². The van der Waals surface area contributed by atoms with Crippen molar-refractivity contribution in [2.24, 2.45) is 0 Å². The lowest BCUT2D eigenvalue weighted by molar-refractivity contribution is 0.108. The van der Waals surface area contributed by atoms with Gasteiger partial charge in [-0.25, -0.2) is 13.8 Å². The lowest BCUT2D eigenvalue weighted by Crippen LogP contribution is -2.03. The summed E-state index contributed by atoms with van der Waals surface area (Å²) in [4.78, 5) is 13.9. The van der Waals surface area contributed by atoms with E-state index in [1.54, 1.807) is 0 Å². The number of halogens is 3. The van der Waals surface area contributed by atoms with Crippen LogP contribution in [0.15, 0.2) is 12.1 Å². The Kier molecular flexibility index (Phi) is 2.77. The number of nitrogens with two attached hydrogens (primary N) is 1. The van der Waals surface area contributed by atoms with Gasteiger partial charge in [0.15, 0.2) is 0 Å². The van der Waals surface area contributed by atoms with E-state index in [1.165, 1.54) is 0 Å². The Labute approximate surface area is 77.5 Å². The first kappa shape index (κ1) is 9.85. The fourth-order valence-corrected chi connectivity index (χ4v) is 0.938. The first-order chi connectivity index (χ1) is 6.02. The maximum atomic E-state index is 12.0. The number of carbonyl (C=O) groups excluding carboxylic acids is 1. The second-order valence-corrected chi connectivity index (χ2v) is 2.59. The van der Waals surface area contributed by atoms with Crippen LogP contribution in [0.25, 0.3) is 0 Å². The normalized spacial score (nSPS) is 10.5. The summed E-state index contributed by atoms with van der Waals surface area (Å²) in [5, 5.41) is -0.814. The van der Waals surface area contributed by atoms with E-state index in [-0.39, 0.29) is 11.4 Å². The van der Waals surface area contributed by atoms with Crippen molar-refractivity contribution in [1.82, 2.24) is 4.98 Å². The predicted octanol–water partition coefficient (Wildman–Crippen LogP) is 1.98. The number of pyridine rings is 1. The molecule has 13 heavy (non-hydrogen) atoms. The van der Waals surface area contributed by atoms with E-state index >= 15 is 0 Å². The van der Waals surface area contributed by atoms with Crippen LogP contribution in [0.4, 0.5) is 14.6 Å². The van der Waals surface area contributed by atoms with Gasteiger partial charge >= 0.3 is 0 Å². The van der Waals surface area contributed by atoms with Crippen LogP contribution < -0.4 is 5.73 Å². The zero-order chi connectivity index (χ0) is 10.0. The summed E-state index contributed by atoms with van der Waals surface area (Å²) in [6.45, 7) is 0. The van der Waals surface area contributed by atoms with Crippen LogP contribution in [-0.4, -0.2) is 10.2 Å². The number of hydrogen-bond donors (Lipinski definition) is 1. The second-order valence-electron chi connectivity index (χ2n) is 2.24. The number of rotatable bonds is 2. The highest BCUT2D eigenvalue weighted by molar-refractivity contribution is 6.68. The predicted molar refractivity (Wildman–Crippen MR) is 43.8 cm³/mol. The Hall–Kier alpha value is -1.23. The molecule has 0 bridgehead atoms. The zero-order valence-electron chi connectivity index (χ0n) is 6.30. The Morgan fingerprint density at radius 2 is 2.15 bits per heavy atom. The minimum Gasteiger partial charge on any atom is -0.383 e. The van der Waals surface area contributed by atoms with Crippen molar-refractivity contribution >= 4 is 22.7 Å². The number of hydrogen-bond acceptors (Lipinski definition) is 3. The van der Waals surface area contributed by atoms with Gasteiger partial charge in [0.25, 0.3) is 11.7 Å². The molecule has 0 aliphatic heterocycles. The summed E-state index contributed by atoms with van der Waals surface area (Å²) < 4.78 is 24.1. The average Bonchev–Trinajstić information content (AvgIpc) is 2.03. The molecule has 0 unspecified atom stereocenters. The van der Waals surface area contributed by atoms with E-state index < -0.39 is 17.4 Å². The van der Waals surface area contributed by atoms with Crippen molar-refractivity contribution in [2.75, 3.05) is 5.73 Å². The molecule has 1 rings (SSSR count). The van der Waals surface area contributed by atoms with Gasteiger partial charge in [0, 0.05) is 0 Å². The highest BCUT2D eigenvalue weighted by atomic mass is 35.5. The standard InChI is InChI=1S/C7H5ClF2N2O/c8-5(13)3-1-2-4(6(9)10)12-7(3)11/h1-2,6H,(H2,11,12). The Bertz CT molecular complexity index is 343. The van der Waals surface area contributed by atoms with Gasteiger partial charge in [-0.3, -0.25) is 4.79 Å². The first-order valence-corrected chi connectivity index (χ1v) is 3.64. The van der Waals surface area contributed by atoms with Gasteiger partial charge in [-0.05, 0) is 23.7 Å². The Balaban J connectivity index is 3.13. The largest absolute Gasteiger partial charge is 0.383 e. The minimum absolute atomic E-state index is 0.0638. The highest BCUT2D eigenvalue weighted by Crippen LogP contribution is 2.20. The molecule has 0 aliphatic carbocycles. The quantitative estimate of drug-likeness (QED) is 0.753. The van der Waals surface area contributed by atoms with E-state index in [2.05, 4.69) is 4.98 Å². The lowest BCUT2D eigenvalue weighted by Gasteiger charge is -2.02. The number of nitrogen functional groups attached to an aromatic ring is 1. The molecule has 0 atom stereocenters. The third-order valence-corrected chi connectivity index (χ3v) is 1.59.